The van der Waals surface area contributed by atoms with E-state index in [1.54, 1.807) is 6.92 Å². The van der Waals surface area contributed by atoms with Crippen molar-refractivity contribution >= 4 is 0 Å². The molecule has 1 aromatic carbocycles. The van der Waals surface area contributed by atoms with Gasteiger partial charge >= 0.3 is 0 Å². The predicted molar refractivity (Wildman–Crippen MR) is 48.4 cm³/mol. The number of benzene rings is 1. The number of nitrogens with two attached hydrogens (primary N) is 1. The topological polar surface area (TPSA) is 86.7 Å². The molecule has 4 heteroatoms. The van der Waals surface area contributed by atoms with Crippen molar-refractivity contribution < 1.29 is 15.3 Å². The van der Waals surface area contributed by atoms with E-state index < -0.39 is 12.1 Å². The summed E-state index contributed by atoms with van der Waals surface area (Å²) in [5.41, 5.74) is 5.95. The Kier molecular flexibility index (Phi) is 2.75. The van der Waals surface area contributed by atoms with Crippen molar-refractivity contribution in [2.75, 3.05) is 0 Å². The van der Waals surface area contributed by atoms with E-state index in [0.29, 0.717) is 5.56 Å². The molecule has 0 spiro atoms. The van der Waals surface area contributed by atoms with Crippen LogP contribution in [0.15, 0.2) is 18.2 Å². The van der Waals surface area contributed by atoms with Crippen LogP contribution in [0.3, 0.4) is 0 Å². The zero-order valence-corrected chi connectivity index (χ0v) is 7.31. The van der Waals surface area contributed by atoms with Gasteiger partial charge in [0.15, 0.2) is 11.5 Å². The van der Waals surface area contributed by atoms with E-state index in [1.807, 2.05) is 0 Å². The molecule has 0 saturated heterocycles. The maximum absolute atomic E-state index is 9.50. The lowest BCUT2D eigenvalue weighted by Crippen LogP contribution is -2.24. The number of phenolic OH excluding ortho intramolecular Hbond substituents is 2. The van der Waals surface area contributed by atoms with Crippen LogP contribution in [0.4, 0.5) is 0 Å². The van der Waals surface area contributed by atoms with Gasteiger partial charge in [0.05, 0.1) is 6.10 Å². The number of hydrogen-bond acceptors (Lipinski definition) is 4. The summed E-state index contributed by atoms with van der Waals surface area (Å²) in [6.07, 6.45) is -0.827. The van der Waals surface area contributed by atoms with Crippen molar-refractivity contribution in [2.45, 2.75) is 19.1 Å². The monoisotopic (exact) mass is 183 g/mol. The van der Waals surface area contributed by atoms with Crippen molar-refractivity contribution in [3.05, 3.63) is 23.8 Å². The standard InChI is InChI=1S/C9H13NO3/c1-5(10)9(13)6-2-3-7(11)8(12)4-6/h2-5,9,11-13H,10H2,1H3/t5?,9-/m1/s1. The fourth-order valence-electron chi connectivity index (χ4n) is 1.03. The molecule has 4 nitrogen and oxygen atoms in total. The summed E-state index contributed by atoms with van der Waals surface area (Å²) in [4.78, 5) is 0. The van der Waals surface area contributed by atoms with Crippen LogP contribution in [-0.4, -0.2) is 21.4 Å². The summed E-state index contributed by atoms with van der Waals surface area (Å²) in [7, 11) is 0. The summed E-state index contributed by atoms with van der Waals surface area (Å²) in [6, 6.07) is 3.71. The average molecular weight is 183 g/mol. The molecule has 13 heavy (non-hydrogen) atoms. The molecule has 0 aliphatic heterocycles. The molecule has 1 aromatic rings. The minimum atomic E-state index is -0.827. The fraction of sp³-hybridized carbons (Fsp3) is 0.333. The molecule has 0 bridgehead atoms. The molecule has 72 valence electrons. The van der Waals surface area contributed by atoms with Crippen molar-refractivity contribution in [1.29, 1.82) is 0 Å². The van der Waals surface area contributed by atoms with Crippen LogP contribution >= 0.6 is 0 Å². The summed E-state index contributed by atoms with van der Waals surface area (Å²) in [5.74, 6) is -0.460. The third-order valence-corrected chi connectivity index (χ3v) is 1.84. The summed E-state index contributed by atoms with van der Waals surface area (Å²) in [5, 5.41) is 27.6. The van der Waals surface area contributed by atoms with Gasteiger partial charge in [0.1, 0.15) is 0 Å². The van der Waals surface area contributed by atoms with E-state index in [4.69, 9.17) is 15.9 Å². The SMILES string of the molecule is CC(N)[C@@H](O)c1ccc(O)c(O)c1. The lowest BCUT2D eigenvalue weighted by molar-refractivity contribution is 0.153. The van der Waals surface area contributed by atoms with Crippen molar-refractivity contribution in [3.8, 4) is 11.5 Å². The first kappa shape index (κ1) is 9.83. The Hall–Kier alpha value is -1.26. The lowest BCUT2D eigenvalue weighted by Gasteiger charge is -2.14. The second-order valence-corrected chi connectivity index (χ2v) is 3.05. The molecule has 0 aliphatic rings. The van der Waals surface area contributed by atoms with Gasteiger partial charge in [-0.25, -0.2) is 0 Å². The van der Waals surface area contributed by atoms with E-state index in [1.165, 1.54) is 18.2 Å². The van der Waals surface area contributed by atoms with E-state index in [2.05, 4.69) is 0 Å². The smallest absolute Gasteiger partial charge is 0.157 e. The number of rotatable bonds is 2. The number of hydrogen-bond donors (Lipinski definition) is 4. The van der Waals surface area contributed by atoms with Gasteiger partial charge in [0.2, 0.25) is 0 Å². The molecular formula is C9H13NO3. The van der Waals surface area contributed by atoms with Crippen LogP contribution in [0, 0.1) is 0 Å². The molecule has 5 N–H and O–H groups in total. The molecule has 0 amide bonds. The average Bonchev–Trinajstić information content (AvgIpc) is 2.08. The highest BCUT2D eigenvalue weighted by molar-refractivity contribution is 5.41. The second kappa shape index (κ2) is 3.64. The van der Waals surface area contributed by atoms with E-state index >= 15 is 0 Å². The molecule has 1 unspecified atom stereocenters. The minimum absolute atomic E-state index is 0.208. The van der Waals surface area contributed by atoms with Gasteiger partial charge in [-0.15, -0.1) is 0 Å². The Balaban J connectivity index is 2.97. The van der Waals surface area contributed by atoms with Crippen LogP contribution in [-0.2, 0) is 0 Å². The Morgan fingerprint density at radius 1 is 1.23 bits per heavy atom. The normalized spacial score (nSPS) is 15.3. The van der Waals surface area contributed by atoms with Crippen molar-refractivity contribution in [1.82, 2.24) is 0 Å². The number of aliphatic hydroxyl groups excluding tert-OH is 1. The first-order valence-corrected chi connectivity index (χ1v) is 3.98. The van der Waals surface area contributed by atoms with Crippen LogP contribution in [0.5, 0.6) is 11.5 Å². The van der Waals surface area contributed by atoms with Gasteiger partial charge < -0.3 is 21.1 Å². The lowest BCUT2D eigenvalue weighted by atomic mass is 10.0. The largest absolute Gasteiger partial charge is 0.504 e. The first-order valence-electron chi connectivity index (χ1n) is 3.98. The highest BCUT2D eigenvalue weighted by Gasteiger charge is 2.13. The minimum Gasteiger partial charge on any atom is -0.504 e. The van der Waals surface area contributed by atoms with E-state index in [-0.39, 0.29) is 11.5 Å². The van der Waals surface area contributed by atoms with Gasteiger partial charge in [0, 0.05) is 6.04 Å². The van der Waals surface area contributed by atoms with Crippen molar-refractivity contribution in [3.63, 3.8) is 0 Å². The van der Waals surface area contributed by atoms with E-state index in [0.717, 1.165) is 0 Å². The van der Waals surface area contributed by atoms with Gasteiger partial charge in [-0.1, -0.05) is 6.07 Å². The maximum atomic E-state index is 9.50. The Labute approximate surface area is 76.2 Å². The van der Waals surface area contributed by atoms with Gasteiger partial charge in [-0.3, -0.25) is 0 Å². The number of aliphatic hydroxyl groups is 1. The number of aromatic hydroxyl groups is 2. The van der Waals surface area contributed by atoms with Crippen LogP contribution in [0.2, 0.25) is 0 Å². The summed E-state index contributed by atoms with van der Waals surface area (Å²) in [6.45, 7) is 1.66. The fourth-order valence-corrected chi connectivity index (χ4v) is 1.03. The molecule has 0 aromatic heterocycles. The predicted octanol–water partition coefficient (Wildman–Crippen LogP) is 0.478. The molecule has 0 radical (unpaired) electrons. The third kappa shape index (κ3) is 2.11. The summed E-state index contributed by atoms with van der Waals surface area (Å²) < 4.78 is 0. The Morgan fingerprint density at radius 2 is 1.85 bits per heavy atom. The first-order chi connectivity index (χ1) is 6.02. The maximum Gasteiger partial charge on any atom is 0.157 e. The van der Waals surface area contributed by atoms with Crippen LogP contribution in [0.25, 0.3) is 0 Å². The Morgan fingerprint density at radius 3 is 2.31 bits per heavy atom. The second-order valence-electron chi connectivity index (χ2n) is 3.05. The number of phenols is 2. The molecule has 0 saturated carbocycles. The van der Waals surface area contributed by atoms with Crippen LogP contribution < -0.4 is 5.73 Å². The molecule has 2 atom stereocenters. The zero-order valence-electron chi connectivity index (χ0n) is 7.31. The van der Waals surface area contributed by atoms with Gasteiger partial charge in [0.25, 0.3) is 0 Å². The van der Waals surface area contributed by atoms with Gasteiger partial charge in [-0.2, -0.15) is 0 Å². The van der Waals surface area contributed by atoms with Crippen LogP contribution in [0.1, 0.15) is 18.6 Å². The Bertz CT molecular complexity index is 299. The third-order valence-electron chi connectivity index (χ3n) is 1.84. The molecular weight excluding hydrogens is 170 g/mol. The molecule has 0 fully saturated rings. The molecule has 1 rings (SSSR count). The van der Waals surface area contributed by atoms with Crippen molar-refractivity contribution in [2.24, 2.45) is 5.73 Å². The summed E-state index contributed by atoms with van der Waals surface area (Å²) >= 11 is 0. The molecule has 0 aliphatic carbocycles. The highest BCUT2D eigenvalue weighted by atomic mass is 16.3. The van der Waals surface area contributed by atoms with Gasteiger partial charge in [-0.05, 0) is 24.6 Å². The quantitative estimate of drug-likeness (QED) is 0.502. The molecule has 0 heterocycles. The van der Waals surface area contributed by atoms with E-state index in [9.17, 15) is 5.11 Å². The highest BCUT2D eigenvalue weighted by Crippen LogP contribution is 2.28. The zero-order chi connectivity index (χ0) is 10.0.